The molecule has 1 amide bonds. The topological polar surface area (TPSA) is 88.5 Å². The monoisotopic (exact) mass is 390 g/mol. The van der Waals surface area contributed by atoms with Crippen molar-refractivity contribution in [2.45, 2.75) is 31.0 Å². The highest BCUT2D eigenvalue weighted by molar-refractivity contribution is 8.00. The molecule has 1 aliphatic carbocycles. The highest BCUT2D eigenvalue weighted by Crippen LogP contribution is 2.37. The Morgan fingerprint density at radius 3 is 2.54 bits per heavy atom. The highest BCUT2D eigenvalue weighted by atomic mass is 32.2. The van der Waals surface area contributed by atoms with Crippen LogP contribution in [0.3, 0.4) is 0 Å². The van der Waals surface area contributed by atoms with E-state index in [1.807, 2.05) is 0 Å². The Bertz CT molecular complexity index is 718. The molecule has 2 aliphatic rings. The number of alkyl halides is 3. The van der Waals surface area contributed by atoms with Gasteiger partial charge in [-0.3, -0.25) is 9.59 Å². The Kier molecular flexibility index (Phi) is 5.05. The van der Waals surface area contributed by atoms with E-state index in [0.717, 1.165) is 25.0 Å². The first kappa shape index (κ1) is 18.8. The molecule has 3 rings (SSSR count). The maximum Gasteiger partial charge on any atom is 0.421 e. The van der Waals surface area contributed by atoms with Crippen LogP contribution in [0.4, 0.5) is 13.2 Å². The second-order valence-electron chi connectivity index (χ2n) is 6.60. The largest absolute Gasteiger partial charge is 0.481 e. The number of hydrogen-bond acceptors (Lipinski definition) is 5. The summed E-state index contributed by atoms with van der Waals surface area (Å²) in [5.74, 6) is -1.31. The molecule has 2 N–H and O–H groups in total. The molecule has 1 aromatic rings. The lowest BCUT2D eigenvalue weighted by molar-refractivity contribution is -0.140. The summed E-state index contributed by atoms with van der Waals surface area (Å²) in [6.45, 7) is 0.126. The number of nitrogens with zero attached hydrogens (tertiary/aromatic N) is 1. The third kappa shape index (κ3) is 4.40. The Hall–Kier alpha value is -1.97. The van der Waals surface area contributed by atoms with E-state index < -0.39 is 35.0 Å². The van der Waals surface area contributed by atoms with Crippen LogP contribution in [0.15, 0.2) is 12.1 Å². The summed E-state index contributed by atoms with van der Waals surface area (Å²) in [6.07, 6.45) is -3.10. The Morgan fingerprint density at radius 1 is 1.35 bits per heavy atom. The molecule has 26 heavy (non-hydrogen) atoms. The quantitative estimate of drug-likeness (QED) is 0.744. The lowest BCUT2D eigenvalue weighted by Gasteiger charge is -2.40. The smallest absolute Gasteiger partial charge is 0.421 e. The molecule has 2 fully saturated rings. The first-order valence-corrected chi connectivity index (χ1v) is 9.17. The summed E-state index contributed by atoms with van der Waals surface area (Å²) in [7, 11) is 0. The van der Waals surface area contributed by atoms with Crippen LogP contribution in [0, 0.1) is 5.92 Å². The van der Waals surface area contributed by atoms with Crippen molar-refractivity contribution in [3.05, 3.63) is 23.4 Å². The molecule has 1 saturated carbocycles. The van der Waals surface area contributed by atoms with Crippen LogP contribution in [0.2, 0.25) is 0 Å². The number of ether oxygens (including phenoxy) is 1. The van der Waals surface area contributed by atoms with E-state index in [-0.39, 0.29) is 24.6 Å². The van der Waals surface area contributed by atoms with E-state index in [1.165, 1.54) is 11.8 Å². The number of carboxylic acid groups (broad SMARTS) is 1. The molecule has 0 atom stereocenters. The molecule has 0 spiro atoms. The van der Waals surface area contributed by atoms with Crippen molar-refractivity contribution in [2.75, 3.05) is 18.1 Å². The van der Waals surface area contributed by atoms with Gasteiger partial charge < -0.3 is 15.2 Å². The van der Waals surface area contributed by atoms with Crippen LogP contribution in [0.1, 0.15) is 35.3 Å². The van der Waals surface area contributed by atoms with E-state index in [9.17, 15) is 22.8 Å². The minimum atomic E-state index is -4.64. The number of nitrogens with one attached hydrogen (secondary N) is 1. The van der Waals surface area contributed by atoms with Crippen molar-refractivity contribution in [1.29, 1.82) is 0 Å². The molecule has 1 aromatic heterocycles. The minimum Gasteiger partial charge on any atom is -0.481 e. The average molecular weight is 390 g/mol. The van der Waals surface area contributed by atoms with Gasteiger partial charge in [0.2, 0.25) is 5.88 Å². The van der Waals surface area contributed by atoms with E-state index in [2.05, 4.69) is 10.3 Å². The van der Waals surface area contributed by atoms with Gasteiger partial charge in [-0.05, 0) is 30.9 Å². The number of carbonyl (C=O) groups excluding carboxylic acids is 1. The van der Waals surface area contributed by atoms with Gasteiger partial charge in [-0.2, -0.15) is 24.9 Å². The zero-order chi connectivity index (χ0) is 18.9. The number of thioether (sulfide) groups is 1. The molecule has 1 saturated heterocycles. The van der Waals surface area contributed by atoms with Gasteiger partial charge in [0, 0.05) is 11.5 Å². The average Bonchev–Trinajstić information content (AvgIpc) is 3.33. The molecular weight excluding hydrogens is 373 g/mol. The Morgan fingerprint density at radius 2 is 2.04 bits per heavy atom. The number of aliphatic carboxylic acids is 1. The number of aromatic nitrogens is 1. The minimum absolute atomic E-state index is 0.126. The summed E-state index contributed by atoms with van der Waals surface area (Å²) in [5, 5.41) is 11.6. The molecule has 1 aliphatic heterocycles. The third-order valence-electron chi connectivity index (χ3n) is 4.18. The standard InChI is InChI=1S/C16H17F3N2O4S/c17-16(18,19)10-3-4-11(20-14(10)25-6-9-1-2-9)13(24)21-15(5-12(22)23)7-26-8-15/h3-4,9H,1-2,5-8H2,(H,21,24)(H,22,23). The maximum absolute atomic E-state index is 13.1. The molecule has 0 radical (unpaired) electrons. The van der Waals surface area contributed by atoms with Crippen molar-refractivity contribution in [3.8, 4) is 5.88 Å². The van der Waals surface area contributed by atoms with Crippen LogP contribution < -0.4 is 10.1 Å². The molecule has 2 heterocycles. The molecule has 0 bridgehead atoms. The fraction of sp³-hybridized carbons (Fsp3) is 0.562. The van der Waals surface area contributed by atoms with Gasteiger partial charge in [0.15, 0.2) is 0 Å². The number of hydrogen-bond donors (Lipinski definition) is 2. The molecule has 10 heteroatoms. The summed E-state index contributed by atoms with van der Waals surface area (Å²) in [5.41, 5.74) is -2.16. The lowest BCUT2D eigenvalue weighted by Crippen LogP contribution is -2.59. The number of carbonyl (C=O) groups is 2. The predicted octanol–water partition coefficient (Wildman–Crippen LogP) is 2.58. The maximum atomic E-state index is 13.1. The van der Waals surface area contributed by atoms with Gasteiger partial charge >= 0.3 is 12.1 Å². The summed E-state index contributed by atoms with van der Waals surface area (Å²) >= 11 is 1.48. The SMILES string of the molecule is O=C(O)CC1(NC(=O)c2ccc(C(F)(F)F)c(OCC3CC3)n2)CSC1. The van der Waals surface area contributed by atoms with E-state index in [4.69, 9.17) is 9.84 Å². The Labute approximate surface area is 151 Å². The first-order valence-electron chi connectivity index (χ1n) is 8.02. The van der Waals surface area contributed by atoms with Gasteiger partial charge in [0.1, 0.15) is 11.3 Å². The number of rotatable bonds is 7. The van der Waals surface area contributed by atoms with E-state index in [1.54, 1.807) is 0 Å². The van der Waals surface area contributed by atoms with Crippen LogP contribution in [-0.2, 0) is 11.0 Å². The summed E-state index contributed by atoms with van der Waals surface area (Å²) in [4.78, 5) is 27.1. The second kappa shape index (κ2) is 6.98. The lowest BCUT2D eigenvalue weighted by atomic mass is 9.98. The van der Waals surface area contributed by atoms with Gasteiger partial charge in [-0.25, -0.2) is 4.98 Å². The molecular formula is C16H17F3N2O4S. The van der Waals surface area contributed by atoms with Crippen LogP contribution in [0.25, 0.3) is 0 Å². The number of halogens is 3. The highest BCUT2D eigenvalue weighted by Gasteiger charge is 2.42. The van der Waals surface area contributed by atoms with Crippen molar-refractivity contribution < 1.29 is 32.6 Å². The molecule has 6 nitrogen and oxygen atoms in total. The zero-order valence-electron chi connectivity index (χ0n) is 13.6. The number of pyridine rings is 1. The normalized spacial score (nSPS) is 18.7. The fourth-order valence-electron chi connectivity index (χ4n) is 2.54. The first-order chi connectivity index (χ1) is 12.2. The van der Waals surface area contributed by atoms with Gasteiger partial charge in [0.05, 0.1) is 18.6 Å². The molecule has 0 aromatic carbocycles. The van der Waals surface area contributed by atoms with E-state index in [0.29, 0.717) is 11.5 Å². The van der Waals surface area contributed by atoms with Crippen LogP contribution >= 0.6 is 11.8 Å². The van der Waals surface area contributed by atoms with Gasteiger partial charge in [0.25, 0.3) is 5.91 Å². The summed E-state index contributed by atoms with van der Waals surface area (Å²) in [6, 6.07) is 1.74. The van der Waals surface area contributed by atoms with Gasteiger partial charge in [-0.15, -0.1) is 0 Å². The zero-order valence-corrected chi connectivity index (χ0v) is 14.5. The molecule has 142 valence electrons. The third-order valence-corrected chi connectivity index (χ3v) is 5.69. The van der Waals surface area contributed by atoms with Crippen molar-refractivity contribution in [1.82, 2.24) is 10.3 Å². The fourth-order valence-corrected chi connectivity index (χ4v) is 3.58. The van der Waals surface area contributed by atoms with Gasteiger partial charge in [-0.1, -0.05) is 0 Å². The van der Waals surface area contributed by atoms with Crippen LogP contribution in [-0.4, -0.2) is 45.6 Å². The van der Waals surface area contributed by atoms with E-state index >= 15 is 0 Å². The molecule has 0 unspecified atom stereocenters. The second-order valence-corrected chi connectivity index (χ2v) is 7.58. The number of carboxylic acids is 1. The van der Waals surface area contributed by atoms with Crippen molar-refractivity contribution in [2.24, 2.45) is 5.92 Å². The van der Waals surface area contributed by atoms with Crippen molar-refractivity contribution in [3.63, 3.8) is 0 Å². The number of amides is 1. The Balaban J connectivity index is 1.78. The van der Waals surface area contributed by atoms with Crippen molar-refractivity contribution >= 4 is 23.6 Å². The summed E-state index contributed by atoms with van der Waals surface area (Å²) < 4.78 is 44.5. The predicted molar refractivity (Wildman–Crippen MR) is 87.2 cm³/mol. The van der Waals surface area contributed by atoms with Crippen LogP contribution in [0.5, 0.6) is 5.88 Å².